The van der Waals surface area contributed by atoms with Crippen LogP contribution in [-0.4, -0.2) is 43.1 Å². The third-order valence-electron chi connectivity index (χ3n) is 5.38. The van der Waals surface area contributed by atoms with E-state index in [2.05, 4.69) is 4.98 Å². The van der Waals surface area contributed by atoms with Gasteiger partial charge in [-0.1, -0.05) is 17.7 Å². The van der Waals surface area contributed by atoms with E-state index in [0.29, 0.717) is 52.6 Å². The van der Waals surface area contributed by atoms with Crippen molar-refractivity contribution in [3.05, 3.63) is 52.9 Å². The summed E-state index contributed by atoms with van der Waals surface area (Å²) in [6.07, 6.45) is 2.60. The minimum atomic E-state index is -0.0571. The Morgan fingerprint density at radius 3 is 2.72 bits per heavy atom. The molecule has 1 aliphatic rings. The fraction of sp³-hybridized carbons (Fsp3) is 0.364. The maximum absolute atomic E-state index is 13.1. The van der Waals surface area contributed by atoms with E-state index in [4.69, 9.17) is 25.5 Å². The highest BCUT2D eigenvalue weighted by atomic mass is 35.5. The van der Waals surface area contributed by atoms with Crippen LogP contribution in [0, 0.1) is 5.92 Å². The van der Waals surface area contributed by atoms with Gasteiger partial charge in [-0.3, -0.25) is 4.79 Å². The molecule has 1 atom stereocenters. The summed E-state index contributed by atoms with van der Waals surface area (Å²) in [6, 6.07) is 10.8. The van der Waals surface area contributed by atoms with Crippen molar-refractivity contribution in [2.75, 3.05) is 27.3 Å². The van der Waals surface area contributed by atoms with Crippen molar-refractivity contribution in [3.8, 4) is 11.5 Å². The van der Waals surface area contributed by atoms with Gasteiger partial charge in [0.1, 0.15) is 22.6 Å². The van der Waals surface area contributed by atoms with Gasteiger partial charge < -0.3 is 18.8 Å². The second kappa shape index (κ2) is 8.33. The third kappa shape index (κ3) is 4.03. The van der Waals surface area contributed by atoms with E-state index in [-0.39, 0.29) is 5.91 Å². The van der Waals surface area contributed by atoms with Gasteiger partial charge in [-0.2, -0.15) is 0 Å². The lowest BCUT2D eigenvalue weighted by molar-refractivity contribution is 0.0779. The predicted molar refractivity (Wildman–Crippen MR) is 111 cm³/mol. The second-order valence-electron chi connectivity index (χ2n) is 7.20. The second-order valence-corrected chi connectivity index (χ2v) is 7.64. The van der Waals surface area contributed by atoms with Crippen LogP contribution in [0.15, 0.2) is 40.8 Å². The fourth-order valence-corrected chi connectivity index (χ4v) is 4.02. The Hall–Kier alpha value is -2.73. The molecule has 4 rings (SSSR count). The van der Waals surface area contributed by atoms with Gasteiger partial charge >= 0.3 is 0 Å². The van der Waals surface area contributed by atoms with Crippen molar-refractivity contribution in [1.29, 1.82) is 0 Å². The number of hydrogen-bond acceptors (Lipinski definition) is 5. The zero-order valence-electron chi connectivity index (χ0n) is 16.5. The molecule has 0 bridgehead atoms. The van der Waals surface area contributed by atoms with E-state index in [1.807, 2.05) is 23.1 Å². The number of rotatable bonds is 6. The lowest BCUT2D eigenvalue weighted by Crippen LogP contribution is -2.29. The number of aromatic nitrogens is 1. The molecule has 0 unspecified atom stereocenters. The standard InChI is InChI=1S/C22H23ClN2O4/c1-27-17-4-3-5-18(28-2)21(17)22(26)25-11-10-14(13-25)6-9-20-24-16-8-7-15(23)12-19(16)29-20/h3-5,7-8,12,14H,6,9-11,13H2,1-2H3/t14-/m1/s1. The van der Waals surface area contributed by atoms with Crippen molar-refractivity contribution in [2.45, 2.75) is 19.3 Å². The molecule has 1 aliphatic heterocycles. The van der Waals surface area contributed by atoms with Gasteiger partial charge in [0, 0.05) is 30.6 Å². The van der Waals surface area contributed by atoms with E-state index >= 15 is 0 Å². The molecule has 0 aliphatic carbocycles. The molecule has 1 saturated heterocycles. The first-order valence-electron chi connectivity index (χ1n) is 9.64. The van der Waals surface area contributed by atoms with Crippen LogP contribution >= 0.6 is 11.6 Å². The van der Waals surface area contributed by atoms with Gasteiger partial charge in [0.2, 0.25) is 0 Å². The van der Waals surface area contributed by atoms with Crippen LogP contribution in [0.5, 0.6) is 11.5 Å². The number of amides is 1. The Morgan fingerprint density at radius 2 is 2.00 bits per heavy atom. The van der Waals surface area contributed by atoms with Gasteiger partial charge in [0.15, 0.2) is 11.5 Å². The number of hydrogen-bond donors (Lipinski definition) is 0. The minimum Gasteiger partial charge on any atom is -0.496 e. The van der Waals surface area contributed by atoms with Gasteiger partial charge in [0.05, 0.1) is 14.2 Å². The summed E-state index contributed by atoms with van der Waals surface area (Å²) in [5, 5.41) is 0.636. The zero-order valence-corrected chi connectivity index (χ0v) is 17.2. The average molecular weight is 415 g/mol. The molecule has 0 spiro atoms. The Balaban J connectivity index is 1.40. The van der Waals surface area contributed by atoms with E-state index in [1.165, 1.54) is 0 Å². The molecule has 6 nitrogen and oxygen atoms in total. The first kappa shape index (κ1) is 19.6. The largest absolute Gasteiger partial charge is 0.496 e. The molecule has 2 aromatic carbocycles. The number of nitrogens with zero attached hydrogens (tertiary/aromatic N) is 2. The summed E-state index contributed by atoms with van der Waals surface area (Å²) in [4.78, 5) is 19.5. The van der Waals surface area contributed by atoms with E-state index in [1.54, 1.807) is 32.4 Å². The number of halogens is 1. The number of benzene rings is 2. The van der Waals surface area contributed by atoms with Crippen molar-refractivity contribution in [2.24, 2.45) is 5.92 Å². The molecule has 0 radical (unpaired) electrons. The summed E-state index contributed by atoms with van der Waals surface area (Å²) in [5.74, 6) is 2.11. The molecule has 2 heterocycles. The molecular weight excluding hydrogens is 392 g/mol. The van der Waals surface area contributed by atoms with Crippen LogP contribution in [0.1, 0.15) is 29.1 Å². The summed E-state index contributed by atoms with van der Waals surface area (Å²) in [7, 11) is 3.12. The highest BCUT2D eigenvalue weighted by Crippen LogP contribution is 2.32. The maximum Gasteiger partial charge on any atom is 0.261 e. The van der Waals surface area contributed by atoms with Crippen LogP contribution in [0.4, 0.5) is 0 Å². The van der Waals surface area contributed by atoms with Crippen molar-refractivity contribution >= 4 is 28.6 Å². The molecule has 0 saturated carbocycles. The highest BCUT2D eigenvalue weighted by Gasteiger charge is 2.30. The molecule has 7 heteroatoms. The van der Waals surface area contributed by atoms with E-state index < -0.39 is 0 Å². The molecule has 1 aromatic heterocycles. The van der Waals surface area contributed by atoms with Gasteiger partial charge in [-0.05, 0) is 43.0 Å². The topological polar surface area (TPSA) is 64.8 Å². The van der Waals surface area contributed by atoms with Crippen LogP contribution < -0.4 is 9.47 Å². The van der Waals surface area contributed by atoms with Crippen LogP contribution in [0.25, 0.3) is 11.1 Å². The van der Waals surface area contributed by atoms with Crippen molar-refractivity contribution in [1.82, 2.24) is 9.88 Å². The third-order valence-corrected chi connectivity index (χ3v) is 5.61. The molecule has 29 heavy (non-hydrogen) atoms. The van der Waals surface area contributed by atoms with E-state index in [0.717, 1.165) is 24.8 Å². The summed E-state index contributed by atoms with van der Waals surface area (Å²) in [6.45, 7) is 1.42. The van der Waals surface area contributed by atoms with Gasteiger partial charge in [0.25, 0.3) is 5.91 Å². The molecule has 1 fully saturated rings. The van der Waals surface area contributed by atoms with Crippen LogP contribution in [0.3, 0.4) is 0 Å². The number of oxazole rings is 1. The highest BCUT2D eigenvalue weighted by molar-refractivity contribution is 6.31. The number of carbonyl (C=O) groups excluding carboxylic acids is 1. The summed E-state index contributed by atoms with van der Waals surface area (Å²) in [5.41, 5.74) is 2.00. The SMILES string of the molecule is COc1cccc(OC)c1C(=O)N1CC[C@@H](CCc2nc3ccc(Cl)cc3o2)C1. The first-order chi connectivity index (χ1) is 14.1. The fourth-order valence-electron chi connectivity index (χ4n) is 3.85. The number of ether oxygens (including phenoxy) is 2. The Labute approximate surface area is 174 Å². The Bertz CT molecular complexity index is 1010. The molecule has 152 valence electrons. The number of aryl methyl sites for hydroxylation is 1. The molecular formula is C22H23ClN2O4. The van der Waals surface area contributed by atoms with Gasteiger partial charge in [-0.15, -0.1) is 0 Å². The normalized spacial score (nSPS) is 16.4. The lowest BCUT2D eigenvalue weighted by atomic mass is 10.0. The minimum absolute atomic E-state index is 0.0571. The maximum atomic E-state index is 13.1. The summed E-state index contributed by atoms with van der Waals surface area (Å²) >= 11 is 6.00. The number of fused-ring (bicyclic) bond motifs is 1. The van der Waals surface area contributed by atoms with Crippen molar-refractivity contribution in [3.63, 3.8) is 0 Å². The Kier molecular flexibility index (Phi) is 5.62. The smallest absolute Gasteiger partial charge is 0.261 e. The molecule has 1 amide bonds. The lowest BCUT2D eigenvalue weighted by Gasteiger charge is -2.20. The Morgan fingerprint density at radius 1 is 1.24 bits per heavy atom. The average Bonchev–Trinajstić information content (AvgIpc) is 3.37. The zero-order chi connectivity index (χ0) is 20.4. The quantitative estimate of drug-likeness (QED) is 0.590. The van der Waals surface area contributed by atoms with Gasteiger partial charge in [-0.25, -0.2) is 4.98 Å². The molecule has 3 aromatic rings. The van der Waals surface area contributed by atoms with Crippen molar-refractivity contribution < 1.29 is 18.7 Å². The number of carbonyl (C=O) groups is 1. The predicted octanol–water partition coefficient (Wildman–Crippen LogP) is 4.59. The van der Waals surface area contributed by atoms with Crippen LogP contribution in [-0.2, 0) is 6.42 Å². The number of methoxy groups -OCH3 is 2. The monoisotopic (exact) mass is 414 g/mol. The molecule has 0 N–H and O–H groups in total. The van der Waals surface area contributed by atoms with E-state index in [9.17, 15) is 4.79 Å². The van der Waals surface area contributed by atoms with Crippen LogP contribution in [0.2, 0.25) is 5.02 Å². The first-order valence-corrected chi connectivity index (χ1v) is 10.0. The number of likely N-dealkylation sites (tertiary alicyclic amines) is 1. The summed E-state index contributed by atoms with van der Waals surface area (Å²) < 4.78 is 16.6.